The summed E-state index contributed by atoms with van der Waals surface area (Å²) in [7, 11) is -4.06. The molecule has 0 N–H and O–H groups in total. The van der Waals surface area contributed by atoms with E-state index in [2.05, 4.69) is 5.16 Å². The highest BCUT2D eigenvalue weighted by Crippen LogP contribution is 2.27. The van der Waals surface area contributed by atoms with Gasteiger partial charge in [0.05, 0.1) is 9.92 Å². The molecule has 0 aliphatic carbocycles. The van der Waals surface area contributed by atoms with Gasteiger partial charge in [0.15, 0.2) is 5.75 Å². The first kappa shape index (κ1) is 17.3. The zero-order chi connectivity index (χ0) is 17.0. The largest absolute Gasteiger partial charge is 0.353 e. The minimum Gasteiger partial charge on any atom is -0.353 e. The third kappa shape index (κ3) is 4.02. The van der Waals surface area contributed by atoms with E-state index in [9.17, 15) is 8.42 Å². The minimum atomic E-state index is -4.06. The van der Waals surface area contributed by atoms with E-state index in [0.29, 0.717) is 5.02 Å². The first-order chi connectivity index (χ1) is 10.8. The van der Waals surface area contributed by atoms with Crippen molar-refractivity contribution >= 4 is 38.1 Å². The number of sulfone groups is 1. The van der Waals surface area contributed by atoms with E-state index < -0.39 is 14.9 Å². The van der Waals surface area contributed by atoms with Gasteiger partial charge in [-0.05, 0) is 37.3 Å². The SMILES string of the molecule is Cc1ccc(S(=O)(=O)C(C#N)=NOc2ccc(Cl)cc2Cl)cc1. The molecule has 0 aliphatic heterocycles. The molecule has 8 heteroatoms. The van der Waals surface area contributed by atoms with Gasteiger partial charge in [0.2, 0.25) is 9.84 Å². The predicted molar refractivity (Wildman–Crippen MR) is 88.5 cm³/mol. The molecule has 5 nitrogen and oxygen atoms in total. The zero-order valence-electron chi connectivity index (χ0n) is 11.8. The molecule has 2 aromatic carbocycles. The van der Waals surface area contributed by atoms with Crippen molar-refractivity contribution in [2.75, 3.05) is 0 Å². The highest BCUT2D eigenvalue weighted by molar-refractivity contribution is 8.07. The molecule has 0 aliphatic rings. The lowest BCUT2D eigenvalue weighted by atomic mass is 10.2. The van der Waals surface area contributed by atoms with Crippen LogP contribution in [0.25, 0.3) is 0 Å². The Morgan fingerprint density at radius 2 is 1.83 bits per heavy atom. The van der Waals surface area contributed by atoms with E-state index in [0.717, 1.165) is 5.56 Å². The Bertz CT molecular complexity index is 901. The number of hydrogen-bond acceptors (Lipinski definition) is 5. The Morgan fingerprint density at radius 3 is 2.39 bits per heavy atom. The molecule has 0 heterocycles. The Labute approximate surface area is 143 Å². The van der Waals surface area contributed by atoms with Crippen LogP contribution in [0.2, 0.25) is 10.0 Å². The van der Waals surface area contributed by atoms with Gasteiger partial charge in [-0.15, -0.1) is 0 Å². The molecule has 0 aromatic heterocycles. The average molecular weight is 369 g/mol. The number of nitriles is 1. The van der Waals surface area contributed by atoms with E-state index in [1.54, 1.807) is 12.1 Å². The van der Waals surface area contributed by atoms with E-state index >= 15 is 0 Å². The van der Waals surface area contributed by atoms with Crippen molar-refractivity contribution < 1.29 is 13.3 Å². The van der Waals surface area contributed by atoms with Crippen LogP contribution in [0.4, 0.5) is 0 Å². The van der Waals surface area contributed by atoms with Gasteiger partial charge in [-0.25, -0.2) is 8.42 Å². The molecule has 0 atom stereocenters. The quantitative estimate of drug-likeness (QED) is 0.466. The molecular weight excluding hydrogens is 359 g/mol. The number of oxime groups is 1. The van der Waals surface area contributed by atoms with Crippen LogP contribution in [0.5, 0.6) is 5.75 Å². The molecule has 0 saturated heterocycles. The fourth-order valence-corrected chi connectivity index (χ4v) is 3.01. The second kappa shape index (κ2) is 7.01. The second-order valence-electron chi connectivity index (χ2n) is 4.49. The van der Waals surface area contributed by atoms with Gasteiger partial charge >= 0.3 is 0 Å². The van der Waals surface area contributed by atoms with Crippen molar-refractivity contribution in [3.05, 3.63) is 58.1 Å². The van der Waals surface area contributed by atoms with Crippen molar-refractivity contribution in [3.8, 4) is 11.8 Å². The number of aryl methyl sites for hydroxylation is 1. The summed E-state index contributed by atoms with van der Waals surface area (Å²) in [6.07, 6.45) is 0. The van der Waals surface area contributed by atoms with Crippen LogP contribution in [0, 0.1) is 18.3 Å². The number of rotatable bonds is 3. The summed E-state index contributed by atoms with van der Waals surface area (Å²) in [5, 5.41) is 12.3. The van der Waals surface area contributed by atoms with Gasteiger partial charge in [-0.3, -0.25) is 0 Å². The third-order valence-electron chi connectivity index (χ3n) is 2.80. The van der Waals surface area contributed by atoms with Gasteiger partial charge in [0.25, 0.3) is 5.04 Å². The van der Waals surface area contributed by atoms with Gasteiger partial charge < -0.3 is 4.84 Å². The van der Waals surface area contributed by atoms with Crippen LogP contribution in [0.1, 0.15) is 5.56 Å². The van der Waals surface area contributed by atoms with Gasteiger partial charge in [0, 0.05) is 5.02 Å². The van der Waals surface area contributed by atoms with Crippen LogP contribution in [-0.4, -0.2) is 13.5 Å². The van der Waals surface area contributed by atoms with Crippen LogP contribution in [0.3, 0.4) is 0 Å². The summed E-state index contributed by atoms with van der Waals surface area (Å²) in [5.41, 5.74) is 0.892. The maximum Gasteiger partial charge on any atom is 0.276 e. The first-order valence-electron chi connectivity index (χ1n) is 6.26. The number of halogens is 2. The summed E-state index contributed by atoms with van der Waals surface area (Å²) in [6, 6.07) is 11.9. The Kier molecular flexibility index (Phi) is 5.26. The third-order valence-corrected chi connectivity index (χ3v) is 4.90. The molecule has 0 saturated carbocycles. The molecule has 0 unspecified atom stereocenters. The predicted octanol–water partition coefficient (Wildman–Crippen LogP) is 3.99. The summed E-state index contributed by atoms with van der Waals surface area (Å²) in [4.78, 5) is 4.93. The number of hydrogen-bond donors (Lipinski definition) is 0. The molecule has 0 fully saturated rings. The maximum absolute atomic E-state index is 12.3. The topological polar surface area (TPSA) is 79.5 Å². The molecule has 23 heavy (non-hydrogen) atoms. The molecule has 2 aromatic rings. The molecule has 2 rings (SSSR count). The fourth-order valence-electron chi connectivity index (χ4n) is 1.60. The van der Waals surface area contributed by atoms with Crippen molar-refractivity contribution in [1.29, 1.82) is 5.26 Å². The standard InChI is InChI=1S/C15H10Cl2N2O3S/c1-10-2-5-12(6-3-10)23(20,21)15(9-18)19-22-14-7-4-11(16)8-13(14)17/h2-8H,1H3. The Balaban J connectivity index is 2.35. The van der Waals surface area contributed by atoms with Crippen LogP contribution >= 0.6 is 23.2 Å². The lowest BCUT2D eigenvalue weighted by Gasteiger charge is -2.04. The van der Waals surface area contributed by atoms with Gasteiger partial charge in [-0.2, -0.15) is 5.26 Å². The lowest BCUT2D eigenvalue weighted by molar-refractivity contribution is 0.343. The zero-order valence-corrected chi connectivity index (χ0v) is 14.2. The number of nitrogens with zero attached hydrogens (tertiary/aromatic N) is 2. The van der Waals surface area contributed by atoms with E-state index in [-0.39, 0.29) is 15.7 Å². The van der Waals surface area contributed by atoms with Crippen molar-refractivity contribution in [1.82, 2.24) is 0 Å². The van der Waals surface area contributed by atoms with Gasteiger partial charge in [0.1, 0.15) is 6.07 Å². The highest BCUT2D eigenvalue weighted by atomic mass is 35.5. The second-order valence-corrected chi connectivity index (χ2v) is 7.20. The van der Waals surface area contributed by atoms with Crippen molar-refractivity contribution in [3.63, 3.8) is 0 Å². The van der Waals surface area contributed by atoms with E-state index in [1.165, 1.54) is 36.4 Å². The Hall–Kier alpha value is -2.07. The molecular formula is C15H10Cl2N2O3S. The minimum absolute atomic E-state index is 0.0470. The molecule has 118 valence electrons. The normalized spacial score (nSPS) is 11.8. The summed E-state index contributed by atoms with van der Waals surface area (Å²) in [5.74, 6) is 0.0860. The van der Waals surface area contributed by atoms with Crippen LogP contribution < -0.4 is 4.84 Å². The summed E-state index contributed by atoms with van der Waals surface area (Å²) < 4.78 is 24.7. The first-order valence-corrected chi connectivity index (χ1v) is 8.50. The molecule has 0 amide bonds. The summed E-state index contributed by atoms with van der Waals surface area (Å²) >= 11 is 11.6. The van der Waals surface area contributed by atoms with E-state index in [1.807, 2.05) is 6.92 Å². The van der Waals surface area contributed by atoms with Crippen molar-refractivity contribution in [2.45, 2.75) is 11.8 Å². The smallest absolute Gasteiger partial charge is 0.276 e. The lowest BCUT2D eigenvalue weighted by Crippen LogP contribution is -2.14. The van der Waals surface area contributed by atoms with Crippen LogP contribution in [0.15, 0.2) is 52.5 Å². The number of benzene rings is 2. The maximum atomic E-state index is 12.3. The van der Waals surface area contributed by atoms with Crippen molar-refractivity contribution in [2.24, 2.45) is 5.16 Å². The monoisotopic (exact) mass is 368 g/mol. The summed E-state index contributed by atoms with van der Waals surface area (Å²) in [6.45, 7) is 1.82. The average Bonchev–Trinajstić information content (AvgIpc) is 2.50. The fraction of sp³-hybridized carbons (Fsp3) is 0.0667. The highest BCUT2D eigenvalue weighted by Gasteiger charge is 2.23. The molecule has 0 radical (unpaired) electrons. The molecule has 0 spiro atoms. The van der Waals surface area contributed by atoms with Gasteiger partial charge in [-0.1, -0.05) is 46.1 Å². The van der Waals surface area contributed by atoms with Crippen LogP contribution in [-0.2, 0) is 9.84 Å². The Morgan fingerprint density at radius 1 is 1.17 bits per heavy atom. The van der Waals surface area contributed by atoms with E-state index in [4.69, 9.17) is 33.3 Å². The molecule has 0 bridgehead atoms.